The Bertz CT molecular complexity index is 247. The lowest BCUT2D eigenvalue weighted by Crippen LogP contribution is -2.60. The van der Waals surface area contributed by atoms with Crippen LogP contribution in [0.5, 0.6) is 0 Å². The van der Waals surface area contributed by atoms with Gasteiger partial charge in [0.2, 0.25) is 0 Å². The summed E-state index contributed by atoms with van der Waals surface area (Å²) < 4.78 is 4.97. The zero-order valence-electron chi connectivity index (χ0n) is 9.58. The smallest absolute Gasteiger partial charge is 0.326 e. The summed E-state index contributed by atoms with van der Waals surface area (Å²) in [7, 11) is 1.49. The van der Waals surface area contributed by atoms with Crippen LogP contribution in [0.4, 0.5) is 0 Å². The summed E-state index contributed by atoms with van der Waals surface area (Å²) in [6, 6.07) is 0. The zero-order valence-corrected chi connectivity index (χ0v) is 9.58. The van der Waals surface area contributed by atoms with Crippen LogP contribution in [0, 0.1) is 5.92 Å². The van der Waals surface area contributed by atoms with Crippen molar-refractivity contribution < 1.29 is 9.53 Å². The molecule has 1 unspecified atom stereocenters. The normalized spacial score (nSPS) is 27.1. The van der Waals surface area contributed by atoms with Crippen molar-refractivity contribution in [3.63, 3.8) is 0 Å². The number of carbonyl (C=O) groups is 1. The Morgan fingerprint density at radius 2 is 2.00 bits per heavy atom. The van der Waals surface area contributed by atoms with E-state index in [1.807, 2.05) is 6.92 Å². The van der Waals surface area contributed by atoms with Crippen molar-refractivity contribution >= 4 is 5.97 Å². The Labute approximate surface area is 91.0 Å². The molecule has 4 nitrogen and oxygen atoms in total. The minimum absolute atomic E-state index is 0.0631. The number of ether oxygens (including phenoxy) is 1. The fourth-order valence-electron chi connectivity index (χ4n) is 2.54. The molecule has 0 aromatic carbocycles. The number of esters is 1. The van der Waals surface area contributed by atoms with Gasteiger partial charge in [-0.15, -0.1) is 0 Å². The maximum absolute atomic E-state index is 11.9. The van der Waals surface area contributed by atoms with Crippen LogP contribution in [0.15, 0.2) is 0 Å². The van der Waals surface area contributed by atoms with Crippen LogP contribution in [-0.4, -0.2) is 49.7 Å². The van der Waals surface area contributed by atoms with Crippen molar-refractivity contribution in [2.75, 3.05) is 33.3 Å². The van der Waals surface area contributed by atoms with E-state index in [2.05, 4.69) is 10.2 Å². The van der Waals surface area contributed by atoms with E-state index < -0.39 is 0 Å². The molecule has 1 atom stereocenters. The molecule has 15 heavy (non-hydrogen) atoms. The van der Waals surface area contributed by atoms with Crippen molar-refractivity contribution in [3.05, 3.63) is 0 Å². The van der Waals surface area contributed by atoms with Crippen LogP contribution in [-0.2, 0) is 9.53 Å². The molecule has 1 aliphatic heterocycles. The van der Waals surface area contributed by atoms with Crippen LogP contribution in [0.1, 0.15) is 19.8 Å². The van der Waals surface area contributed by atoms with E-state index in [0.717, 1.165) is 39.0 Å². The molecule has 2 aliphatic rings. The number of hydrogen-bond donors (Lipinski definition) is 1. The van der Waals surface area contributed by atoms with E-state index >= 15 is 0 Å². The van der Waals surface area contributed by atoms with Crippen LogP contribution < -0.4 is 5.32 Å². The first kappa shape index (κ1) is 10.9. The summed E-state index contributed by atoms with van der Waals surface area (Å²) in [6.45, 7) is 5.88. The van der Waals surface area contributed by atoms with Gasteiger partial charge >= 0.3 is 5.97 Å². The van der Waals surface area contributed by atoms with E-state index in [4.69, 9.17) is 4.74 Å². The van der Waals surface area contributed by atoms with E-state index in [-0.39, 0.29) is 11.5 Å². The van der Waals surface area contributed by atoms with Gasteiger partial charge in [-0.2, -0.15) is 0 Å². The summed E-state index contributed by atoms with van der Waals surface area (Å²) in [5.74, 6) is 0.440. The maximum Gasteiger partial charge on any atom is 0.326 e. The Hall–Kier alpha value is -0.610. The van der Waals surface area contributed by atoms with Gasteiger partial charge < -0.3 is 10.1 Å². The molecule has 0 radical (unpaired) electrons. The van der Waals surface area contributed by atoms with Gasteiger partial charge in [0.15, 0.2) is 0 Å². The van der Waals surface area contributed by atoms with Crippen molar-refractivity contribution in [2.24, 2.45) is 5.92 Å². The molecular weight excluding hydrogens is 192 g/mol. The predicted molar refractivity (Wildman–Crippen MR) is 57.6 cm³/mol. The number of hydrogen-bond acceptors (Lipinski definition) is 4. The summed E-state index contributed by atoms with van der Waals surface area (Å²) in [5, 5.41) is 3.31. The lowest BCUT2D eigenvalue weighted by molar-refractivity contribution is -0.156. The third-order valence-electron chi connectivity index (χ3n) is 3.74. The second-order valence-electron chi connectivity index (χ2n) is 4.65. The van der Waals surface area contributed by atoms with Crippen LogP contribution in [0.2, 0.25) is 0 Å². The molecule has 86 valence electrons. The zero-order chi connectivity index (χ0) is 10.9. The van der Waals surface area contributed by atoms with Gasteiger partial charge in [0.05, 0.1) is 7.11 Å². The lowest BCUT2D eigenvalue weighted by atomic mass is 9.92. The highest BCUT2D eigenvalue weighted by Gasteiger charge is 2.52. The van der Waals surface area contributed by atoms with Gasteiger partial charge in [-0.05, 0) is 25.7 Å². The van der Waals surface area contributed by atoms with Gasteiger partial charge in [-0.25, -0.2) is 0 Å². The molecule has 1 saturated heterocycles. The third-order valence-corrected chi connectivity index (χ3v) is 3.74. The lowest BCUT2D eigenvalue weighted by Gasteiger charge is -2.41. The number of nitrogens with one attached hydrogen (secondary N) is 1. The minimum atomic E-state index is -0.378. The number of carbonyl (C=O) groups excluding carboxylic acids is 1. The molecule has 4 heteroatoms. The SMILES string of the molecule is COC(=O)C(C)(C1CC1)N1CCNCC1. The number of methoxy groups -OCH3 is 1. The van der Waals surface area contributed by atoms with Gasteiger partial charge in [0.1, 0.15) is 5.54 Å². The topological polar surface area (TPSA) is 41.6 Å². The van der Waals surface area contributed by atoms with Gasteiger partial charge in [-0.3, -0.25) is 9.69 Å². The fraction of sp³-hybridized carbons (Fsp3) is 0.909. The second-order valence-corrected chi connectivity index (χ2v) is 4.65. The largest absolute Gasteiger partial charge is 0.468 e. The maximum atomic E-state index is 11.9. The van der Waals surface area contributed by atoms with Gasteiger partial charge in [0.25, 0.3) is 0 Å². The van der Waals surface area contributed by atoms with Crippen LogP contribution in [0.25, 0.3) is 0 Å². The molecule has 0 amide bonds. The molecule has 0 bridgehead atoms. The van der Waals surface area contributed by atoms with E-state index in [1.54, 1.807) is 0 Å². The Morgan fingerprint density at radius 1 is 1.40 bits per heavy atom. The summed E-state index contributed by atoms with van der Waals surface area (Å²) in [5.41, 5.74) is -0.378. The molecule has 1 heterocycles. The van der Waals surface area contributed by atoms with E-state index in [0.29, 0.717) is 5.92 Å². The number of rotatable bonds is 3. The van der Waals surface area contributed by atoms with Crippen LogP contribution in [0.3, 0.4) is 0 Å². The highest BCUT2D eigenvalue weighted by Crippen LogP contribution is 2.43. The minimum Gasteiger partial charge on any atom is -0.468 e. The van der Waals surface area contributed by atoms with Crippen molar-refractivity contribution in [1.82, 2.24) is 10.2 Å². The van der Waals surface area contributed by atoms with E-state index in [1.165, 1.54) is 7.11 Å². The first-order chi connectivity index (χ1) is 7.19. The van der Waals surface area contributed by atoms with Crippen molar-refractivity contribution in [3.8, 4) is 0 Å². The predicted octanol–water partition coefficient (Wildman–Crippen LogP) is 0.233. The van der Waals surface area contributed by atoms with Crippen molar-refractivity contribution in [2.45, 2.75) is 25.3 Å². The molecule has 0 aromatic rings. The third kappa shape index (κ3) is 1.88. The monoisotopic (exact) mass is 212 g/mol. The highest BCUT2D eigenvalue weighted by atomic mass is 16.5. The van der Waals surface area contributed by atoms with Crippen molar-refractivity contribution in [1.29, 1.82) is 0 Å². The molecule has 1 N–H and O–H groups in total. The fourth-order valence-corrected chi connectivity index (χ4v) is 2.54. The Balaban J connectivity index is 2.13. The Morgan fingerprint density at radius 3 is 2.47 bits per heavy atom. The molecule has 2 rings (SSSR count). The first-order valence-corrected chi connectivity index (χ1v) is 5.73. The molecule has 0 aromatic heterocycles. The quantitative estimate of drug-likeness (QED) is 0.680. The summed E-state index contributed by atoms with van der Waals surface area (Å²) in [6.07, 6.45) is 2.32. The molecular formula is C11H20N2O2. The highest BCUT2D eigenvalue weighted by molar-refractivity contribution is 5.81. The first-order valence-electron chi connectivity index (χ1n) is 5.73. The average molecular weight is 212 g/mol. The molecule has 2 fully saturated rings. The summed E-state index contributed by atoms with van der Waals surface area (Å²) >= 11 is 0. The molecule has 0 spiro atoms. The van der Waals surface area contributed by atoms with Gasteiger partial charge in [-0.1, -0.05) is 0 Å². The number of piperazine rings is 1. The molecule has 1 saturated carbocycles. The standard InChI is InChI=1S/C11H20N2O2/c1-11(9-3-4-9,10(14)15-2)13-7-5-12-6-8-13/h9,12H,3-8H2,1-2H3. The number of nitrogens with zero attached hydrogens (tertiary/aromatic N) is 1. The van der Waals surface area contributed by atoms with Gasteiger partial charge in [0, 0.05) is 26.2 Å². The Kier molecular flexibility index (Phi) is 2.98. The average Bonchev–Trinajstić information content (AvgIpc) is 3.12. The summed E-state index contributed by atoms with van der Waals surface area (Å²) in [4.78, 5) is 14.2. The van der Waals surface area contributed by atoms with E-state index in [9.17, 15) is 4.79 Å². The van der Waals surface area contributed by atoms with Crippen LogP contribution >= 0.6 is 0 Å². The molecule has 1 aliphatic carbocycles. The second kappa shape index (κ2) is 4.10.